The van der Waals surface area contributed by atoms with E-state index in [1.807, 2.05) is 6.92 Å². The molecule has 0 saturated carbocycles. The first kappa shape index (κ1) is 21.9. The SMILES string of the molecule is C=CCn1c(SC(C)C(=O)Nc2ccc(OCC)cc2)nc2cc(Cl)ccc2c1=O. The summed E-state index contributed by atoms with van der Waals surface area (Å²) in [6.07, 6.45) is 1.62. The van der Waals surface area contributed by atoms with Gasteiger partial charge >= 0.3 is 0 Å². The molecule has 8 heteroatoms. The summed E-state index contributed by atoms with van der Waals surface area (Å²) in [4.78, 5) is 30.1. The Hall–Kier alpha value is -2.77. The number of benzene rings is 2. The molecule has 6 nitrogen and oxygen atoms in total. The van der Waals surface area contributed by atoms with Gasteiger partial charge in [0.05, 0.1) is 22.8 Å². The van der Waals surface area contributed by atoms with Gasteiger partial charge in [0.15, 0.2) is 5.16 Å². The van der Waals surface area contributed by atoms with E-state index in [-0.39, 0.29) is 11.5 Å². The zero-order valence-electron chi connectivity index (χ0n) is 16.7. The molecule has 3 rings (SSSR count). The molecule has 2 aromatic carbocycles. The van der Waals surface area contributed by atoms with Crippen LogP contribution in [0.15, 0.2) is 65.1 Å². The van der Waals surface area contributed by atoms with E-state index >= 15 is 0 Å². The quantitative estimate of drug-likeness (QED) is 0.309. The Bertz CT molecular complexity index is 1130. The standard InChI is InChI=1S/C22H22ClN3O3S/c1-4-12-26-21(28)18-11-6-15(23)13-19(18)25-22(26)30-14(3)20(27)24-16-7-9-17(10-8-16)29-5-2/h4,6-11,13-14H,1,5,12H2,2-3H3,(H,24,27). The highest BCUT2D eigenvalue weighted by Gasteiger charge is 2.19. The van der Waals surface area contributed by atoms with E-state index in [9.17, 15) is 9.59 Å². The van der Waals surface area contributed by atoms with Crippen molar-refractivity contribution >= 4 is 45.9 Å². The van der Waals surface area contributed by atoms with Gasteiger partial charge in [0.25, 0.3) is 5.56 Å². The van der Waals surface area contributed by atoms with Crippen molar-refractivity contribution < 1.29 is 9.53 Å². The maximum atomic E-state index is 12.9. The van der Waals surface area contributed by atoms with E-state index in [0.29, 0.717) is 39.9 Å². The Kier molecular flexibility index (Phi) is 7.18. The third kappa shape index (κ3) is 5.04. The predicted octanol–water partition coefficient (Wildman–Crippen LogP) is 4.75. The highest BCUT2D eigenvalue weighted by Crippen LogP contribution is 2.25. The molecule has 1 aromatic heterocycles. The molecule has 0 aliphatic rings. The van der Waals surface area contributed by atoms with Crippen LogP contribution in [0, 0.1) is 0 Å². The first-order valence-electron chi connectivity index (χ1n) is 9.44. The lowest BCUT2D eigenvalue weighted by molar-refractivity contribution is -0.115. The summed E-state index contributed by atoms with van der Waals surface area (Å²) in [7, 11) is 0. The second-order valence-corrected chi connectivity index (χ2v) is 8.21. The Morgan fingerprint density at radius 3 is 2.73 bits per heavy atom. The van der Waals surface area contributed by atoms with E-state index in [1.165, 1.54) is 16.3 Å². The summed E-state index contributed by atoms with van der Waals surface area (Å²) >= 11 is 7.26. The molecule has 0 radical (unpaired) electrons. The van der Waals surface area contributed by atoms with Crippen molar-refractivity contribution in [3.8, 4) is 5.75 Å². The lowest BCUT2D eigenvalue weighted by Gasteiger charge is -2.16. The Morgan fingerprint density at radius 2 is 2.07 bits per heavy atom. The fraction of sp³-hybridized carbons (Fsp3) is 0.227. The predicted molar refractivity (Wildman–Crippen MR) is 123 cm³/mol. The molecule has 30 heavy (non-hydrogen) atoms. The van der Waals surface area contributed by atoms with Crippen LogP contribution in [0.4, 0.5) is 5.69 Å². The molecule has 1 unspecified atom stereocenters. The number of hydrogen-bond donors (Lipinski definition) is 1. The van der Waals surface area contributed by atoms with Crippen molar-refractivity contribution in [1.82, 2.24) is 9.55 Å². The van der Waals surface area contributed by atoms with Crippen molar-refractivity contribution in [1.29, 1.82) is 0 Å². The number of rotatable bonds is 8. The molecule has 1 heterocycles. The molecular formula is C22H22ClN3O3S. The van der Waals surface area contributed by atoms with Crippen molar-refractivity contribution in [3.05, 3.63) is 70.5 Å². The number of anilines is 1. The minimum Gasteiger partial charge on any atom is -0.494 e. The van der Waals surface area contributed by atoms with Crippen LogP contribution in [0.3, 0.4) is 0 Å². The average molecular weight is 444 g/mol. The van der Waals surface area contributed by atoms with Crippen LogP contribution in [0.2, 0.25) is 5.02 Å². The Morgan fingerprint density at radius 1 is 1.33 bits per heavy atom. The van der Waals surface area contributed by atoms with Crippen LogP contribution in [0.1, 0.15) is 13.8 Å². The number of ether oxygens (including phenoxy) is 1. The second kappa shape index (κ2) is 9.82. The summed E-state index contributed by atoms with van der Waals surface area (Å²) in [6.45, 7) is 8.26. The van der Waals surface area contributed by atoms with Crippen LogP contribution >= 0.6 is 23.4 Å². The largest absolute Gasteiger partial charge is 0.494 e. The monoisotopic (exact) mass is 443 g/mol. The van der Waals surface area contributed by atoms with Gasteiger partial charge in [-0.2, -0.15) is 0 Å². The summed E-state index contributed by atoms with van der Waals surface area (Å²) < 4.78 is 6.92. The van der Waals surface area contributed by atoms with E-state index in [1.54, 1.807) is 55.5 Å². The van der Waals surface area contributed by atoms with Crippen molar-refractivity contribution in [3.63, 3.8) is 0 Å². The smallest absolute Gasteiger partial charge is 0.262 e. The number of nitrogens with one attached hydrogen (secondary N) is 1. The summed E-state index contributed by atoms with van der Waals surface area (Å²) in [5.41, 5.74) is 0.963. The molecule has 0 aliphatic heterocycles. The number of nitrogens with zero attached hydrogens (tertiary/aromatic N) is 2. The van der Waals surface area contributed by atoms with Crippen LogP contribution in [0.5, 0.6) is 5.75 Å². The number of fused-ring (bicyclic) bond motifs is 1. The Labute approximate surface area is 183 Å². The fourth-order valence-electron chi connectivity index (χ4n) is 2.81. The summed E-state index contributed by atoms with van der Waals surface area (Å²) in [6, 6.07) is 12.1. The highest BCUT2D eigenvalue weighted by atomic mass is 35.5. The number of allylic oxidation sites excluding steroid dienone is 1. The van der Waals surface area contributed by atoms with Crippen LogP contribution in [-0.2, 0) is 11.3 Å². The van der Waals surface area contributed by atoms with E-state index in [0.717, 1.165) is 5.75 Å². The third-order valence-electron chi connectivity index (χ3n) is 4.28. The molecule has 0 spiro atoms. The fourth-order valence-corrected chi connectivity index (χ4v) is 3.89. The molecule has 0 fully saturated rings. The van der Waals surface area contributed by atoms with Crippen LogP contribution < -0.4 is 15.6 Å². The van der Waals surface area contributed by atoms with Gasteiger partial charge in [-0.1, -0.05) is 29.4 Å². The number of hydrogen-bond acceptors (Lipinski definition) is 5. The molecule has 1 N–H and O–H groups in total. The lowest BCUT2D eigenvalue weighted by Crippen LogP contribution is -2.26. The Balaban J connectivity index is 1.83. The van der Waals surface area contributed by atoms with E-state index < -0.39 is 5.25 Å². The first-order chi connectivity index (χ1) is 14.4. The van der Waals surface area contributed by atoms with Gasteiger partial charge in [-0.3, -0.25) is 14.2 Å². The number of carbonyl (C=O) groups excluding carboxylic acids is 1. The number of thioether (sulfide) groups is 1. The van der Waals surface area contributed by atoms with Gasteiger partial charge < -0.3 is 10.1 Å². The van der Waals surface area contributed by atoms with E-state index in [4.69, 9.17) is 16.3 Å². The number of amides is 1. The normalized spacial score (nSPS) is 11.8. The number of aromatic nitrogens is 2. The molecule has 1 atom stereocenters. The van der Waals surface area contributed by atoms with Gasteiger partial charge in [-0.15, -0.1) is 6.58 Å². The maximum absolute atomic E-state index is 12.9. The van der Waals surface area contributed by atoms with Crippen molar-refractivity contribution in [2.75, 3.05) is 11.9 Å². The molecule has 0 aliphatic carbocycles. The van der Waals surface area contributed by atoms with Crippen LogP contribution in [0.25, 0.3) is 10.9 Å². The first-order valence-corrected chi connectivity index (χ1v) is 10.7. The molecular weight excluding hydrogens is 422 g/mol. The molecule has 0 bridgehead atoms. The average Bonchev–Trinajstić information content (AvgIpc) is 2.72. The summed E-state index contributed by atoms with van der Waals surface area (Å²) in [5.74, 6) is 0.542. The maximum Gasteiger partial charge on any atom is 0.262 e. The highest BCUT2D eigenvalue weighted by molar-refractivity contribution is 8.00. The van der Waals surface area contributed by atoms with Gasteiger partial charge in [0.2, 0.25) is 5.91 Å². The van der Waals surface area contributed by atoms with Crippen molar-refractivity contribution in [2.45, 2.75) is 30.8 Å². The molecule has 0 saturated heterocycles. The topological polar surface area (TPSA) is 73.2 Å². The molecule has 3 aromatic rings. The third-order valence-corrected chi connectivity index (χ3v) is 5.60. The second-order valence-electron chi connectivity index (χ2n) is 6.47. The minimum absolute atomic E-state index is 0.196. The lowest BCUT2D eigenvalue weighted by atomic mass is 10.2. The number of halogens is 1. The van der Waals surface area contributed by atoms with Gasteiger partial charge in [-0.05, 0) is 56.3 Å². The van der Waals surface area contributed by atoms with Gasteiger partial charge in [0, 0.05) is 17.3 Å². The zero-order valence-corrected chi connectivity index (χ0v) is 18.3. The number of carbonyl (C=O) groups is 1. The van der Waals surface area contributed by atoms with Crippen LogP contribution in [-0.4, -0.2) is 27.3 Å². The zero-order chi connectivity index (χ0) is 21.7. The molecule has 156 valence electrons. The van der Waals surface area contributed by atoms with Crippen molar-refractivity contribution in [2.24, 2.45) is 0 Å². The van der Waals surface area contributed by atoms with Gasteiger partial charge in [0.1, 0.15) is 5.75 Å². The molecule has 1 amide bonds. The minimum atomic E-state index is -0.490. The summed E-state index contributed by atoms with van der Waals surface area (Å²) in [5, 5.41) is 3.78. The van der Waals surface area contributed by atoms with E-state index in [2.05, 4.69) is 16.9 Å². The van der Waals surface area contributed by atoms with Gasteiger partial charge in [-0.25, -0.2) is 4.98 Å².